The number of hydrogen-bond donors (Lipinski definition) is 1. The molecule has 0 unspecified atom stereocenters. The number of benzene rings is 1. The molecule has 1 aliphatic carbocycles. The SMILES string of the molecule is NCc1cc2c(nc1Oc1cc(Cl)ccc1Cl)CCCC2. The van der Waals surface area contributed by atoms with Crippen molar-refractivity contribution in [3.05, 3.63) is 51.1 Å². The van der Waals surface area contributed by atoms with Crippen molar-refractivity contribution in [2.75, 3.05) is 0 Å². The summed E-state index contributed by atoms with van der Waals surface area (Å²) < 4.78 is 5.87. The third kappa shape index (κ3) is 3.15. The van der Waals surface area contributed by atoms with Crippen LogP contribution in [0.15, 0.2) is 24.3 Å². The number of rotatable bonds is 3. The van der Waals surface area contributed by atoms with Gasteiger partial charge in [0.15, 0.2) is 0 Å². The fourth-order valence-electron chi connectivity index (χ4n) is 2.56. The molecule has 1 aliphatic rings. The lowest BCUT2D eigenvalue weighted by molar-refractivity contribution is 0.451. The molecular formula is C16H16Cl2N2O. The van der Waals surface area contributed by atoms with Crippen molar-refractivity contribution >= 4 is 23.2 Å². The summed E-state index contributed by atoms with van der Waals surface area (Å²) in [7, 11) is 0. The maximum atomic E-state index is 6.14. The lowest BCUT2D eigenvalue weighted by Gasteiger charge is -2.18. The van der Waals surface area contributed by atoms with Gasteiger partial charge in [-0.2, -0.15) is 0 Å². The first kappa shape index (κ1) is 14.6. The highest BCUT2D eigenvalue weighted by Gasteiger charge is 2.16. The van der Waals surface area contributed by atoms with Crippen molar-refractivity contribution in [3.63, 3.8) is 0 Å². The maximum Gasteiger partial charge on any atom is 0.224 e. The molecule has 1 aromatic carbocycles. The number of halogens is 2. The van der Waals surface area contributed by atoms with E-state index in [1.54, 1.807) is 18.2 Å². The summed E-state index contributed by atoms with van der Waals surface area (Å²) in [6.45, 7) is 0.383. The summed E-state index contributed by atoms with van der Waals surface area (Å²) in [6, 6.07) is 7.22. The standard InChI is InChI=1S/C16H16Cl2N2O/c17-12-5-6-13(18)15(8-12)21-16-11(9-19)7-10-3-1-2-4-14(10)20-16/h5-8H,1-4,9,19H2. The molecule has 1 heterocycles. The second kappa shape index (κ2) is 6.22. The number of pyridine rings is 1. The molecule has 0 bridgehead atoms. The van der Waals surface area contributed by atoms with E-state index in [2.05, 4.69) is 11.1 Å². The molecule has 21 heavy (non-hydrogen) atoms. The largest absolute Gasteiger partial charge is 0.437 e. The van der Waals surface area contributed by atoms with E-state index >= 15 is 0 Å². The number of aryl methyl sites for hydroxylation is 2. The van der Waals surface area contributed by atoms with Gasteiger partial charge in [-0.05, 0) is 49.4 Å². The minimum absolute atomic E-state index is 0.383. The molecule has 2 N–H and O–H groups in total. The molecular weight excluding hydrogens is 307 g/mol. The molecule has 0 fully saturated rings. The van der Waals surface area contributed by atoms with Crippen LogP contribution in [0.3, 0.4) is 0 Å². The van der Waals surface area contributed by atoms with Crippen molar-refractivity contribution in [1.82, 2.24) is 4.98 Å². The van der Waals surface area contributed by atoms with Crippen LogP contribution in [0.5, 0.6) is 11.6 Å². The average Bonchev–Trinajstić information content (AvgIpc) is 2.50. The quantitative estimate of drug-likeness (QED) is 0.903. The van der Waals surface area contributed by atoms with Gasteiger partial charge in [-0.25, -0.2) is 4.98 Å². The molecule has 2 aromatic rings. The van der Waals surface area contributed by atoms with Crippen LogP contribution >= 0.6 is 23.2 Å². The van der Waals surface area contributed by atoms with Crippen molar-refractivity contribution in [3.8, 4) is 11.6 Å². The van der Waals surface area contributed by atoms with Gasteiger partial charge >= 0.3 is 0 Å². The van der Waals surface area contributed by atoms with Crippen LogP contribution in [0.1, 0.15) is 29.7 Å². The number of nitrogens with two attached hydrogens (primary N) is 1. The lowest BCUT2D eigenvalue weighted by atomic mass is 9.95. The van der Waals surface area contributed by atoms with Crippen LogP contribution in [0.2, 0.25) is 10.0 Å². The van der Waals surface area contributed by atoms with Gasteiger partial charge in [0.2, 0.25) is 5.88 Å². The van der Waals surface area contributed by atoms with E-state index < -0.39 is 0 Å². The Hall–Kier alpha value is -1.29. The number of hydrogen-bond acceptors (Lipinski definition) is 3. The van der Waals surface area contributed by atoms with Gasteiger partial charge in [-0.15, -0.1) is 0 Å². The lowest BCUT2D eigenvalue weighted by Crippen LogP contribution is -2.10. The van der Waals surface area contributed by atoms with Gasteiger partial charge in [0.1, 0.15) is 5.75 Å². The molecule has 0 saturated heterocycles. The van der Waals surface area contributed by atoms with Gasteiger partial charge in [0.05, 0.1) is 5.02 Å². The molecule has 0 spiro atoms. The van der Waals surface area contributed by atoms with Crippen LogP contribution in [0.25, 0.3) is 0 Å². The van der Waals surface area contributed by atoms with Crippen LogP contribution < -0.4 is 10.5 Å². The van der Waals surface area contributed by atoms with Crippen LogP contribution in [-0.2, 0) is 19.4 Å². The normalized spacial score (nSPS) is 13.9. The highest BCUT2D eigenvalue weighted by molar-refractivity contribution is 6.34. The molecule has 1 aromatic heterocycles. The molecule has 5 heteroatoms. The zero-order valence-electron chi connectivity index (χ0n) is 11.5. The Morgan fingerprint density at radius 3 is 2.76 bits per heavy atom. The fourth-order valence-corrected chi connectivity index (χ4v) is 2.87. The van der Waals surface area contributed by atoms with E-state index in [9.17, 15) is 0 Å². The summed E-state index contributed by atoms with van der Waals surface area (Å²) in [6.07, 6.45) is 4.42. The highest BCUT2D eigenvalue weighted by atomic mass is 35.5. The number of ether oxygens (including phenoxy) is 1. The first-order valence-electron chi connectivity index (χ1n) is 7.02. The van der Waals surface area contributed by atoms with Crippen molar-refractivity contribution < 1.29 is 4.74 Å². The van der Waals surface area contributed by atoms with Crippen LogP contribution in [0, 0.1) is 0 Å². The monoisotopic (exact) mass is 322 g/mol. The maximum absolute atomic E-state index is 6.14. The molecule has 3 nitrogen and oxygen atoms in total. The Labute approximate surface area is 134 Å². The summed E-state index contributed by atoms with van der Waals surface area (Å²) in [4.78, 5) is 4.65. The third-order valence-electron chi connectivity index (χ3n) is 3.66. The Morgan fingerprint density at radius 1 is 1.14 bits per heavy atom. The Balaban J connectivity index is 1.99. The predicted molar refractivity (Wildman–Crippen MR) is 85.3 cm³/mol. The molecule has 110 valence electrons. The number of fused-ring (bicyclic) bond motifs is 1. The summed E-state index contributed by atoms with van der Waals surface area (Å²) >= 11 is 12.1. The number of nitrogens with zero attached hydrogens (tertiary/aromatic N) is 1. The van der Waals surface area contributed by atoms with Gasteiger partial charge in [-0.1, -0.05) is 23.2 Å². The second-order valence-corrected chi connectivity index (χ2v) is 5.99. The van der Waals surface area contributed by atoms with Gasteiger partial charge in [0, 0.05) is 28.9 Å². The van der Waals surface area contributed by atoms with Gasteiger partial charge < -0.3 is 10.5 Å². The van der Waals surface area contributed by atoms with E-state index in [0.29, 0.717) is 28.2 Å². The molecule has 0 radical (unpaired) electrons. The molecule has 0 amide bonds. The minimum Gasteiger partial charge on any atom is -0.437 e. The highest BCUT2D eigenvalue weighted by Crippen LogP contribution is 2.34. The van der Waals surface area contributed by atoms with Crippen LogP contribution in [-0.4, -0.2) is 4.98 Å². The molecule has 0 saturated carbocycles. The van der Waals surface area contributed by atoms with E-state index in [0.717, 1.165) is 24.1 Å². The Kier molecular flexibility index (Phi) is 4.34. The Bertz CT molecular complexity index is 674. The minimum atomic E-state index is 0.383. The smallest absolute Gasteiger partial charge is 0.224 e. The van der Waals surface area contributed by atoms with Gasteiger partial charge in [-0.3, -0.25) is 0 Å². The summed E-state index contributed by atoms with van der Waals surface area (Å²) in [5.74, 6) is 1.03. The van der Waals surface area contributed by atoms with Crippen molar-refractivity contribution in [1.29, 1.82) is 0 Å². The van der Waals surface area contributed by atoms with E-state index in [4.69, 9.17) is 33.7 Å². The first-order chi connectivity index (χ1) is 10.2. The van der Waals surface area contributed by atoms with Gasteiger partial charge in [0.25, 0.3) is 0 Å². The average molecular weight is 323 g/mol. The van der Waals surface area contributed by atoms with Crippen LogP contribution in [0.4, 0.5) is 0 Å². The summed E-state index contributed by atoms with van der Waals surface area (Å²) in [5.41, 5.74) is 9.11. The second-order valence-electron chi connectivity index (χ2n) is 5.15. The van der Waals surface area contributed by atoms with E-state index in [1.807, 2.05) is 0 Å². The fraction of sp³-hybridized carbons (Fsp3) is 0.312. The first-order valence-corrected chi connectivity index (χ1v) is 7.77. The topological polar surface area (TPSA) is 48.1 Å². The van der Waals surface area contributed by atoms with Crippen molar-refractivity contribution in [2.45, 2.75) is 32.2 Å². The van der Waals surface area contributed by atoms with Crippen molar-refractivity contribution in [2.24, 2.45) is 5.73 Å². The molecule has 0 aliphatic heterocycles. The summed E-state index contributed by atoms with van der Waals surface area (Å²) in [5, 5.41) is 1.07. The predicted octanol–water partition coefficient (Wildman–Crippen LogP) is 4.52. The zero-order chi connectivity index (χ0) is 14.8. The Morgan fingerprint density at radius 2 is 1.95 bits per heavy atom. The number of aromatic nitrogens is 1. The molecule has 3 rings (SSSR count). The zero-order valence-corrected chi connectivity index (χ0v) is 13.0. The molecule has 0 atom stereocenters. The van der Waals surface area contributed by atoms with E-state index in [-0.39, 0.29) is 0 Å². The third-order valence-corrected chi connectivity index (χ3v) is 4.21. The van der Waals surface area contributed by atoms with E-state index in [1.165, 1.54) is 18.4 Å².